The molecule has 1 heterocycles. The molecule has 0 aromatic carbocycles. The Labute approximate surface area is 73.7 Å². The molecule has 12 heavy (non-hydrogen) atoms. The standard InChI is InChI=1S/C8H9NO2S/c1-3-4-6(10)7-5(2)9-8(11)12-7/h3-4H,1-2H3,(H,9,11). The van der Waals surface area contributed by atoms with Crippen molar-refractivity contribution in [2.45, 2.75) is 13.8 Å². The summed E-state index contributed by atoms with van der Waals surface area (Å²) in [4.78, 5) is 24.9. The van der Waals surface area contributed by atoms with E-state index in [1.54, 1.807) is 19.9 Å². The van der Waals surface area contributed by atoms with Crippen molar-refractivity contribution >= 4 is 17.1 Å². The van der Waals surface area contributed by atoms with E-state index in [0.29, 0.717) is 10.6 Å². The van der Waals surface area contributed by atoms with Crippen LogP contribution in [0.1, 0.15) is 22.3 Å². The van der Waals surface area contributed by atoms with Crippen molar-refractivity contribution < 1.29 is 4.79 Å². The summed E-state index contributed by atoms with van der Waals surface area (Å²) in [6.07, 6.45) is 3.11. The maximum absolute atomic E-state index is 11.2. The molecule has 0 saturated carbocycles. The van der Waals surface area contributed by atoms with Gasteiger partial charge in [-0.1, -0.05) is 17.4 Å². The van der Waals surface area contributed by atoms with Crippen LogP contribution in [0.4, 0.5) is 0 Å². The molecule has 0 amide bonds. The molecule has 0 atom stereocenters. The number of ketones is 1. The Morgan fingerprint density at radius 1 is 1.58 bits per heavy atom. The van der Waals surface area contributed by atoms with Crippen molar-refractivity contribution in [2.24, 2.45) is 0 Å². The quantitative estimate of drug-likeness (QED) is 0.558. The van der Waals surface area contributed by atoms with Crippen molar-refractivity contribution in [3.63, 3.8) is 0 Å². The van der Waals surface area contributed by atoms with Crippen LogP contribution in [0.15, 0.2) is 16.9 Å². The second-order valence-corrected chi connectivity index (χ2v) is 3.32. The second kappa shape index (κ2) is 3.49. The van der Waals surface area contributed by atoms with Gasteiger partial charge in [-0.3, -0.25) is 9.59 Å². The molecule has 0 radical (unpaired) electrons. The molecule has 0 unspecified atom stereocenters. The zero-order valence-electron chi connectivity index (χ0n) is 6.88. The minimum atomic E-state index is -0.180. The summed E-state index contributed by atoms with van der Waals surface area (Å²) in [6.45, 7) is 3.48. The van der Waals surface area contributed by atoms with Gasteiger partial charge in [-0.25, -0.2) is 0 Å². The lowest BCUT2D eigenvalue weighted by molar-refractivity contribution is 0.104. The Morgan fingerprint density at radius 3 is 2.67 bits per heavy atom. The highest BCUT2D eigenvalue weighted by atomic mass is 32.1. The Morgan fingerprint density at radius 2 is 2.25 bits per heavy atom. The zero-order valence-corrected chi connectivity index (χ0v) is 7.70. The molecular weight excluding hydrogens is 174 g/mol. The van der Waals surface area contributed by atoms with Crippen LogP contribution in [0.3, 0.4) is 0 Å². The number of hydrogen-bond donors (Lipinski definition) is 1. The van der Waals surface area contributed by atoms with Gasteiger partial charge in [-0.05, 0) is 19.9 Å². The molecule has 0 fully saturated rings. The van der Waals surface area contributed by atoms with Crippen LogP contribution in [-0.2, 0) is 0 Å². The first-order chi connectivity index (χ1) is 5.65. The summed E-state index contributed by atoms with van der Waals surface area (Å²) in [5.41, 5.74) is 0.646. The van der Waals surface area contributed by atoms with Gasteiger partial charge in [-0.2, -0.15) is 0 Å². The number of aromatic amines is 1. The molecule has 1 rings (SSSR count). The largest absolute Gasteiger partial charge is 0.316 e. The summed E-state index contributed by atoms with van der Waals surface area (Å²) >= 11 is 0.951. The van der Waals surface area contributed by atoms with Gasteiger partial charge < -0.3 is 4.98 Å². The van der Waals surface area contributed by atoms with Crippen LogP contribution >= 0.6 is 11.3 Å². The van der Waals surface area contributed by atoms with Crippen molar-refractivity contribution in [2.75, 3.05) is 0 Å². The van der Waals surface area contributed by atoms with Crippen LogP contribution in [0.25, 0.3) is 0 Å². The van der Waals surface area contributed by atoms with E-state index in [4.69, 9.17) is 0 Å². The fourth-order valence-corrected chi connectivity index (χ4v) is 1.63. The number of rotatable bonds is 2. The molecule has 0 bridgehead atoms. The Hall–Kier alpha value is -1.16. The van der Waals surface area contributed by atoms with Crippen LogP contribution in [0.5, 0.6) is 0 Å². The van der Waals surface area contributed by atoms with E-state index in [1.165, 1.54) is 6.08 Å². The average molecular weight is 183 g/mol. The monoisotopic (exact) mass is 183 g/mol. The second-order valence-electron chi connectivity index (χ2n) is 2.33. The molecule has 0 aliphatic heterocycles. The van der Waals surface area contributed by atoms with Crippen LogP contribution < -0.4 is 4.87 Å². The Kier molecular flexibility index (Phi) is 2.60. The Balaban J connectivity index is 3.10. The summed E-state index contributed by atoms with van der Waals surface area (Å²) in [5.74, 6) is -0.113. The number of thiazole rings is 1. The van der Waals surface area contributed by atoms with Crippen molar-refractivity contribution in [1.82, 2.24) is 4.98 Å². The van der Waals surface area contributed by atoms with Gasteiger partial charge in [0, 0.05) is 5.69 Å². The minimum absolute atomic E-state index is 0.113. The van der Waals surface area contributed by atoms with E-state index in [-0.39, 0.29) is 10.7 Å². The predicted molar refractivity (Wildman–Crippen MR) is 48.8 cm³/mol. The lowest BCUT2D eigenvalue weighted by atomic mass is 10.2. The number of allylic oxidation sites excluding steroid dienone is 2. The van der Waals surface area contributed by atoms with Crippen molar-refractivity contribution in [3.05, 3.63) is 32.4 Å². The molecule has 1 N–H and O–H groups in total. The molecule has 0 aliphatic rings. The number of aromatic nitrogens is 1. The van der Waals surface area contributed by atoms with Crippen molar-refractivity contribution in [3.8, 4) is 0 Å². The molecule has 64 valence electrons. The van der Waals surface area contributed by atoms with Gasteiger partial charge in [0.1, 0.15) is 0 Å². The van der Waals surface area contributed by atoms with Gasteiger partial charge >= 0.3 is 4.87 Å². The number of nitrogens with one attached hydrogen (secondary N) is 1. The highest BCUT2D eigenvalue weighted by Gasteiger charge is 2.09. The number of H-pyrrole nitrogens is 1. The molecular formula is C8H9NO2S. The number of carbonyl (C=O) groups is 1. The van der Waals surface area contributed by atoms with E-state index >= 15 is 0 Å². The molecule has 0 saturated heterocycles. The fourth-order valence-electron chi connectivity index (χ4n) is 0.867. The SMILES string of the molecule is CC=CC(=O)c1sc(=O)[nH]c1C. The molecule has 0 spiro atoms. The normalized spacial score (nSPS) is 10.8. The van der Waals surface area contributed by atoms with Crippen LogP contribution in [0, 0.1) is 6.92 Å². The highest BCUT2D eigenvalue weighted by Crippen LogP contribution is 2.09. The number of carbonyl (C=O) groups excluding carboxylic acids is 1. The first-order valence-electron chi connectivity index (χ1n) is 3.52. The fraction of sp³-hybridized carbons (Fsp3) is 0.250. The molecule has 1 aromatic heterocycles. The third-order valence-electron chi connectivity index (χ3n) is 1.37. The first kappa shape index (κ1) is 8.93. The maximum Gasteiger partial charge on any atom is 0.305 e. The average Bonchev–Trinajstić information content (AvgIpc) is 2.30. The van der Waals surface area contributed by atoms with Gasteiger partial charge in [0.15, 0.2) is 5.78 Å². The first-order valence-corrected chi connectivity index (χ1v) is 4.33. The third kappa shape index (κ3) is 1.71. The summed E-state index contributed by atoms with van der Waals surface area (Å²) in [7, 11) is 0. The van der Waals surface area contributed by atoms with Gasteiger partial charge in [-0.15, -0.1) is 0 Å². The minimum Gasteiger partial charge on any atom is -0.316 e. The van der Waals surface area contributed by atoms with E-state index in [2.05, 4.69) is 4.98 Å². The number of aryl methyl sites for hydroxylation is 1. The molecule has 0 aliphatic carbocycles. The smallest absolute Gasteiger partial charge is 0.305 e. The highest BCUT2D eigenvalue weighted by molar-refractivity contribution is 7.11. The van der Waals surface area contributed by atoms with Gasteiger partial charge in [0.2, 0.25) is 0 Å². The van der Waals surface area contributed by atoms with Gasteiger partial charge in [0.05, 0.1) is 4.88 Å². The Bertz CT molecular complexity index is 373. The third-order valence-corrected chi connectivity index (χ3v) is 2.37. The number of hydrogen-bond acceptors (Lipinski definition) is 3. The summed E-state index contributed by atoms with van der Waals surface area (Å²) in [5, 5.41) is 0. The topological polar surface area (TPSA) is 49.9 Å². The van der Waals surface area contributed by atoms with E-state index in [1.807, 2.05) is 0 Å². The lowest BCUT2D eigenvalue weighted by Gasteiger charge is -1.88. The lowest BCUT2D eigenvalue weighted by Crippen LogP contribution is -1.93. The van der Waals surface area contributed by atoms with Gasteiger partial charge in [0.25, 0.3) is 0 Å². The van der Waals surface area contributed by atoms with E-state index < -0.39 is 0 Å². The maximum atomic E-state index is 11.2. The molecule has 4 heteroatoms. The predicted octanol–water partition coefficient (Wildman–Crippen LogP) is 1.50. The van der Waals surface area contributed by atoms with Crippen LogP contribution in [0.2, 0.25) is 0 Å². The van der Waals surface area contributed by atoms with E-state index in [9.17, 15) is 9.59 Å². The summed E-state index contributed by atoms with van der Waals surface area (Å²) in [6, 6.07) is 0. The van der Waals surface area contributed by atoms with Crippen molar-refractivity contribution in [1.29, 1.82) is 0 Å². The zero-order chi connectivity index (χ0) is 9.14. The van der Waals surface area contributed by atoms with E-state index in [0.717, 1.165) is 11.3 Å². The summed E-state index contributed by atoms with van der Waals surface area (Å²) < 4.78 is 0. The molecule has 1 aromatic rings. The van der Waals surface area contributed by atoms with Crippen LogP contribution in [-0.4, -0.2) is 10.8 Å². The molecule has 3 nitrogen and oxygen atoms in total.